The van der Waals surface area contributed by atoms with E-state index in [1.807, 2.05) is 0 Å². The van der Waals surface area contributed by atoms with Crippen LogP contribution in [0.25, 0.3) is 0 Å². The van der Waals surface area contributed by atoms with Crippen molar-refractivity contribution in [3.8, 4) is 0 Å². The average Bonchev–Trinajstić information content (AvgIpc) is 2.47. The SMILES string of the molecule is CC(=O)c1cccc(NC(=O)CS(=O)(=O)c2ccc(Cl)cc2)c1. The number of benzene rings is 2. The number of anilines is 1. The molecule has 0 bridgehead atoms. The maximum Gasteiger partial charge on any atom is 0.239 e. The molecule has 0 saturated carbocycles. The van der Waals surface area contributed by atoms with E-state index < -0.39 is 21.5 Å². The average molecular weight is 352 g/mol. The van der Waals surface area contributed by atoms with E-state index in [0.29, 0.717) is 16.3 Å². The second kappa shape index (κ2) is 6.93. The number of halogens is 1. The highest BCUT2D eigenvalue weighted by Gasteiger charge is 2.19. The van der Waals surface area contributed by atoms with Crippen molar-refractivity contribution in [2.45, 2.75) is 11.8 Å². The Kier molecular flexibility index (Phi) is 5.18. The molecule has 0 saturated heterocycles. The van der Waals surface area contributed by atoms with Crippen molar-refractivity contribution < 1.29 is 18.0 Å². The van der Waals surface area contributed by atoms with Crippen LogP contribution in [-0.2, 0) is 14.6 Å². The van der Waals surface area contributed by atoms with Gasteiger partial charge in [-0.1, -0.05) is 23.7 Å². The molecule has 2 aromatic carbocycles. The fourth-order valence-electron chi connectivity index (χ4n) is 1.91. The van der Waals surface area contributed by atoms with Crippen molar-refractivity contribution in [2.75, 3.05) is 11.1 Å². The summed E-state index contributed by atoms with van der Waals surface area (Å²) >= 11 is 5.71. The highest BCUT2D eigenvalue weighted by atomic mass is 35.5. The van der Waals surface area contributed by atoms with Crippen molar-refractivity contribution in [2.24, 2.45) is 0 Å². The summed E-state index contributed by atoms with van der Waals surface area (Å²) in [5, 5.41) is 2.89. The van der Waals surface area contributed by atoms with E-state index >= 15 is 0 Å². The van der Waals surface area contributed by atoms with Crippen LogP contribution in [0.1, 0.15) is 17.3 Å². The topological polar surface area (TPSA) is 80.3 Å². The van der Waals surface area contributed by atoms with Gasteiger partial charge in [-0.25, -0.2) is 8.42 Å². The number of hydrogen-bond acceptors (Lipinski definition) is 4. The monoisotopic (exact) mass is 351 g/mol. The lowest BCUT2D eigenvalue weighted by Crippen LogP contribution is -2.23. The molecule has 0 atom stereocenters. The second-order valence-electron chi connectivity index (χ2n) is 4.90. The van der Waals surface area contributed by atoms with Gasteiger partial charge in [0.15, 0.2) is 15.6 Å². The second-order valence-corrected chi connectivity index (χ2v) is 7.32. The van der Waals surface area contributed by atoms with Gasteiger partial charge in [0.25, 0.3) is 0 Å². The smallest absolute Gasteiger partial charge is 0.239 e. The Morgan fingerprint density at radius 1 is 1.09 bits per heavy atom. The van der Waals surface area contributed by atoms with Crippen LogP contribution in [0.3, 0.4) is 0 Å². The summed E-state index contributed by atoms with van der Waals surface area (Å²) in [6, 6.07) is 11.9. The molecule has 0 spiro atoms. The van der Waals surface area contributed by atoms with Crippen LogP contribution in [0.4, 0.5) is 5.69 Å². The van der Waals surface area contributed by atoms with Gasteiger partial charge in [0, 0.05) is 16.3 Å². The predicted octanol–water partition coefficient (Wildman–Crippen LogP) is 2.96. The molecule has 7 heteroatoms. The molecule has 5 nitrogen and oxygen atoms in total. The minimum atomic E-state index is -3.76. The molecule has 0 aliphatic carbocycles. The molecule has 23 heavy (non-hydrogen) atoms. The van der Waals surface area contributed by atoms with Crippen molar-refractivity contribution in [1.82, 2.24) is 0 Å². The van der Waals surface area contributed by atoms with E-state index in [2.05, 4.69) is 5.32 Å². The molecule has 1 N–H and O–H groups in total. The minimum absolute atomic E-state index is 0.0227. The molecule has 0 radical (unpaired) electrons. The van der Waals surface area contributed by atoms with Crippen LogP contribution in [-0.4, -0.2) is 25.9 Å². The third-order valence-corrected chi connectivity index (χ3v) is 4.93. The predicted molar refractivity (Wildman–Crippen MR) is 88.6 cm³/mol. The Bertz CT molecular complexity index is 845. The maximum atomic E-state index is 12.2. The molecular weight excluding hydrogens is 338 g/mol. The Hall–Kier alpha value is -2.18. The first-order valence-corrected chi connectivity index (χ1v) is 8.70. The van der Waals surface area contributed by atoms with Crippen molar-refractivity contribution in [3.63, 3.8) is 0 Å². The van der Waals surface area contributed by atoms with Crippen LogP contribution in [0, 0.1) is 0 Å². The van der Waals surface area contributed by atoms with Gasteiger partial charge >= 0.3 is 0 Å². The number of amides is 1. The van der Waals surface area contributed by atoms with E-state index in [1.165, 1.54) is 37.3 Å². The molecule has 2 rings (SSSR count). The zero-order chi connectivity index (χ0) is 17.0. The van der Waals surface area contributed by atoms with E-state index in [0.717, 1.165) is 0 Å². The van der Waals surface area contributed by atoms with Crippen molar-refractivity contribution >= 4 is 38.8 Å². The van der Waals surface area contributed by atoms with Gasteiger partial charge in [-0.3, -0.25) is 9.59 Å². The van der Waals surface area contributed by atoms with Gasteiger partial charge in [-0.05, 0) is 43.3 Å². The highest BCUT2D eigenvalue weighted by molar-refractivity contribution is 7.92. The highest BCUT2D eigenvalue weighted by Crippen LogP contribution is 2.16. The quantitative estimate of drug-likeness (QED) is 0.840. The Morgan fingerprint density at radius 2 is 1.74 bits per heavy atom. The summed E-state index contributed by atoms with van der Waals surface area (Å²) in [4.78, 5) is 23.3. The summed E-state index contributed by atoms with van der Waals surface area (Å²) in [7, 11) is -3.76. The molecule has 0 heterocycles. The zero-order valence-corrected chi connectivity index (χ0v) is 13.8. The summed E-state index contributed by atoms with van der Waals surface area (Å²) < 4.78 is 24.3. The number of ketones is 1. The zero-order valence-electron chi connectivity index (χ0n) is 12.2. The minimum Gasteiger partial charge on any atom is -0.325 e. The van der Waals surface area contributed by atoms with Crippen LogP contribution in [0.5, 0.6) is 0 Å². The lowest BCUT2D eigenvalue weighted by molar-refractivity contribution is -0.113. The van der Waals surface area contributed by atoms with Crippen LogP contribution >= 0.6 is 11.6 Å². The molecule has 0 fully saturated rings. The molecular formula is C16H14ClNO4S. The summed E-state index contributed by atoms with van der Waals surface area (Å²) in [5.41, 5.74) is 0.803. The molecule has 0 unspecified atom stereocenters. The maximum absolute atomic E-state index is 12.2. The van der Waals surface area contributed by atoms with Gasteiger partial charge in [0.1, 0.15) is 5.75 Å². The Labute approximate surface area is 139 Å². The number of Topliss-reactive ketones (excluding diaryl/α,β-unsaturated/α-hetero) is 1. The number of carbonyl (C=O) groups excluding carboxylic acids is 2. The summed E-state index contributed by atoms with van der Waals surface area (Å²) in [5.74, 6) is -1.52. The standard InChI is InChI=1S/C16H14ClNO4S/c1-11(19)12-3-2-4-14(9-12)18-16(20)10-23(21,22)15-7-5-13(17)6-8-15/h2-9H,10H2,1H3,(H,18,20). The van der Waals surface area contributed by atoms with Gasteiger partial charge < -0.3 is 5.32 Å². The third kappa shape index (κ3) is 4.64. The Balaban J connectivity index is 2.11. The number of hydrogen-bond donors (Lipinski definition) is 1. The fourth-order valence-corrected chi connectivity index (χ4v) is 3.17. The molecule has 0 aromatic heterocycles. The van der Waals surface area contributed by atoms with Crippen LogP contribution in [0.15, 0.2) is 53.4 Å². The third-order valence-electron chi connectivity index (χ3n) is 3.05. The first-order valence-electron chi connectivity index (χ1n) is 6.67. The van der Waals surface area contributed by atoms with Crippen molar-refractivity contribution in [1.29, 1.82) is 0 Å². The summed E-state index contributed by atoms with van der Waals surface area (Å²) in [6.07, 6.45) is 0. The normalized spacial score (nSPS) is 11.0. The number of rotatable bonds is 5. The first kappa shape index (κ1) is 17.2. The summed E-state index contributed by atoms with van der Waals surface area (Å²) in [6.45, 7) is 1.41. The van der Waals surface area contributed by atoms with Gasteiger partial charge in [0.2, 0.25) is 5.91 Å². The van der Waals surface area contributed by atoms with Crippen LogP contribution < -0.4 is 5.32 Å². The molecule has 2 aromatic rings. The lowest BCUT2D eigenvalue weighted by atomic mass is 10.1. The van der Waals surface area contributed by atoms with E-state index in [4.69, 9.17) is 11.6 Å². The van der Waals surface area contributed by atoms with E-state index in [9.17, 15) is 18.0 Å². The molecule has 1 amide bonds. The van der Waals surface area contributed by atoms with Crippen LogP contribution in [0.2, 0.25) is 5.02 Å². The number of sulfone groups is 1. The number of carbonyl (C=O) groups is 2. The number of nitrogens with one attached hydrogen (secondary N) is 1. The fraction of sp³-hybridized carbons (Fsp3) is 0.125. The van der Waals surface area contributed by atoms with Gasteiger partial charge in [-0.15, -0.1) is 0 Å². The van der Waals surface area contributed by atoms with Gasteiger partial charge in [-0.2, -0.15) is 0 Å². The Morgan fingerprint density at radius 3 is 2.35 bits per heavy atom. The van der Waals surface area contributed by atoms with E-state index in [-0.39, 0.29) is 10.7 Å². The molecule has 0 aliphatic heterocycles. The van der Waals surface area contributed by atoms with Gasteiger partial charge in [0.05, 0.1) is 4.90 Å². The largest absolute Gasteiger partial charge is 0.325 e. The molecule has 120 valence electrons. The molecule has 0 aliphatic rings. The first-order chi connectivity index (χ1) is 10.8. The lowest BCUT2D eigenvalue weighted by Gasteiger charge is -2.07. The van der Waals surface area contributed by atoms with Crippen molar-refractivity contribution in [3.05, 3.63) is 59.1 Å². The van der Waals surface area contributed by atoms with E-state index in [1.54, 1.807) is 18.2 Å².